The SMILES string of the molecule is CCc1[c]cc(F)cn1. The van der Waals surface area contributed by atoms with Gasteiger partial charge in [-0.25, -0.2) is 4.39 Å². The lowest BCUT2D eigenvalue weighted by atomic mass is 10.3. The van der Waals surface area contributed by atoms with Crippen molar-refractivity contribution in [1.82, 2.24) is 4.98 Å². The largest absolute Gasteiger partial charge is 0.258 e. The molecule has 0 amide bonds. The van der Waals surface area contributed by atoms with Crippen LogP contribution in [0.2, 0.25) is 0 Å². The number of rotatable bonds is 1. The minimum atomic E-state index is -0.327. The number of pyridine rings is 1. The first-order valence-corrected chi connectivity index (χ1v) is 2.85. The zero-order chi connectivity index (χ0) is 6.69. The van der Waals surface area contributed by atoms with Gasteiger partial charge in [0.25, 0.3) is 0 Å². The van der Waals surface area contributed by atoms with Crippen molar-refractivity contribution in [2.75, 3.05) is 0 Å². The summed E-state index contributed by atoms with van der Waals surface area (Å²) in [4.78, 5) is 3.77. The van der Waals surface area contributed by atoms with Crippen molar-refractivity contribution in [2.45, 2.75) is 13.3 Å². The van der Waals surface area contributed by atoms with Gasteiger partial charge < -0.3 is 0 Å². The molecule has 1 heterocycles. The number of halogens is 1. The molecule has 0 spiro atoms. The lowest BCUT2D eigenvalue weighted by Gasteiger charge is -1.90. The minimum absolute atomic E-state index is 0.327. The highest BCUT2D eigenvalue weighted by Crippen LogP contribution is 1.96. The summed E-state index contributed by atoms with van der Waals surface area (Å²) in [5.74, 6) is -0.327. The molecule has 47 valence electrons. The second kappa shape index (κ2) is 2.58. The number of hydrogen-bond acceptors (Lipinski definition) is 1. The van der Waals surface area contributed by atoms with Gasteiger partial charge in [-0.2, -0.15) is 0 Å². The molecule has 0 bridgehead atoms. The van der Waals surface area contributed by atoms with Gasteiger partial charge in [0.15, 0.2) is 0 Å². The van der Waals surface area contributed by atoms with E-state index in [4.69, 9.17) is 0 Å². The lowest BCUT2D eigenvalue weighted by Crippen LogP contribution is -1.86. The van der Waals surface area contributed by atoms with E-state index in [0.717, 1.165) is 12.1 Å². The van der Waals surface area contributed by atoms with Gasteiger partial charge in [0.1, 0.15) is 5.82 Å². The summed E-state index contributed by atoms with van der Waals surface area (Å²) < 4.78 is 12.1. The predicted octanol–water partition coefficient (Wildman–Crippen LogP) is 1.58. The maximum absolute atomic E-state index is 12.1. The summed E-state index contributed by atoms with van der Waals surface area (Å²) >= 11 is 0. The van der Waals surface area contributed by atoms with Crippen molar-refractivity contribution < 1.29 is 4.39 Å². The lowest BCUT2D eigenvalue weighted by molar-refractivity contribution is 0.619. The summed E-state index contributed by atoms with van der Waals surface area (Å²) in [6, 6.07) is 4.00. The van der Waals surface area contributed by atoms with Gasteiger partial charge in [-0.15, -0.1) is 0 Å². The van der Waals surface area contributed by atoms with E-state index in [-0.39, 0.29) is 5.82 Å². The molecule has 1 radical (unpaired) electrons. The zero-order valence-electron chi connectivity index (χ0n) is 5.19. The third-order valence-electron chi connectivity index (χ3n) is 1.06. The Balaban J connectivity index is 2.88. The van der Waals surface area contributed by atoms with Gasteiger partial charge in [0, 0.05) is 11.8 Å². The highest BCUT2D eigenvalue weighted by Gasteiger charge is 1.89. The van der Waals surface area contributed by atoms with E-state index >= 15 is 0 Å². The molecule has 0 saturated carbocycles. The molecule has 0 unspecified atom stereocenters. The summed E-state index contributed by atoms with van der Waals surface area (Å²) in [5.41, 5.74) is 0.802. The second-order valence-electron chi connectivity index (χ2n) is 1.73. The quantitative estimate of drug-likeness (QED) is 0.554. The van der Waals surface area contributed by atoms with Crippen molar-refractivity contribution in [3.63, 3.8) is 0 Å². The van der Waals surface area contributed by atoms with Crippen LogP contribution in [0.25, 0.3) is 0 Å². The van der Waals surface area contributed by atoms with Gasteiger partial charge in [-0.3, -0.25) is 4.98 Å². The second-order valence-corrected chi connectivity index (χ2v) is 1.73. The maximum Gasteiger partial charge on any atom is 0.142 e. The average molecular weight is 124 g/mol. The molecular formula is C7H7FN. The highest BCUT2D eigenvalue weighted by atomic mass is 19.1. The molecule has 1 aromatic heterocycles. The normalized spacial score (nSPS) is 9.56. The molecule has 0 N–H and O–H groups in total. The van der Waals surface area contributed by atoms with Gasteiger partial charge in [-0.1, -0.05) is 6.92 Å². The van der Waals surface area contributed by atoms with E-state index in [0.29, 0.717) is 0 Å². The Labute approximate surface area is 53.5 Å². The molecular weight excluding hydrogens is 117 g/mol. The standard InChI is InChI=1S/C7H7FN/c1-2-7-4-3-6(8)5-9-7/h3,5H,2H2,1H3. The highest BCUT2D eigenvalue weighted by molar-refractivity contribution is 5.02. The van der Waals surface area contributed by atoms with Gasteiger partial charge in [-0.05, 0) is 12.5 Å². The van der Waals surface area contributed by atoms with Crippen LogP contribution in [0.5, 0.6) is 0 Å². The summed E-state index contributed by atoms with van der Waals surface area (Å²) in [6.45, 7) is 1.96. The topological polar surface area (TPSA) is 12.9 Å². The van der Waals surface area contributed by atoms with Crippen LogP contribution in [0.3, 0.4) is 0 Å². The van der Waals surface area contributed by atoms with Gasteiger partial charge >= 0.3 is 0 Å². The van der Waals surface area contributed by atoms with E-state index < -0.39 is 0 Å². The number of nitrogens with zero attached hydrogens (tertiary/aromatic N) is 1. The molecule has 0 aliphatic heterocycles. The summed E-state index contributed by atoms with van der Waals surface area (Å²) in [7, 11) is 0. The first kappa shape index (κ1) is 6.20. The summed E-state index contributed by atoms with van der Waals surface area (Å²) in [5, 5.41) is 0. The molecule has 0 aliphatic carbocycles. The third-order valence-corrected chi connectivity index (χ3v) is 1.06. The van der Waals surface area contributed by atoms with Gasteiger partial charge in [0.05, 0.1) is 6.20 Å². The van der Waals surface area contributed by atoms with Crippen molar-refractivity contribution in [3.05, 3.63) is 29.8 Å². The Morgan fingerprint density at radius 1 is 1.78 bits per heavy atom. The molecule has 0 aliphatic rings. The van der Waals surface area contributed by atoms with E-state index in [9.17, 15) is 4.39 Å². The monoisotopic (exact) mass is 124 g/mol. The molecule has 1 rings (SSSR count). The van der Waals surface area contributed by atoms with E-state index in [1.54, 1.807) is 0 Å². The Hall–Kier alpha value is -0.920. The fourth-order valence-corrected chi connectivity index (χ4v) is 0.560. The van der Waals surface area contributed by atoms with Crippen LogP contribution in [0.15, 0.2) is 12.3 Å². The van der Waals surface area contributed by atoms with Crippen LogP contribution >= 0.6 is 0 Å². The molecule has 0 aromatic carbocycles. The van der Waals surface area contributed by atoms with E-state index in [2.05, 4.69) is 11.1 Å². The average Bonchev–Trinajstić information content (AvgIpc) is 1.90. The Morgan fingerprint density at radius 2 is 2.56 bits per heavy atom. The van der Waals surface area contributed by atoms with Crippen LogP contribution < -0.4 is 0 Å². The first-order chi connectivity index (χ1) is 4.33. The molecule has 1 aromatic rings. The third kappa shape index (κ3) is 1.49. The minimum Gasteiger partial charge on any atom is -0.258 e. The van der Waals surface area contributed by atoms with Crippen LogP contribution in [-0.4, -0.2) is 4.98 Å². The Morgan fingerprint density at radius 3 is 3.00 bits per heavy atom. The first-order valence-electron chi connectivity index (χ1n) is 2.85. The fraction of sp³-hybridized carbons (Fsp3) is 0.286. The van der Waals surface area contributed by atoms with Crippen LogP contribution in [0.4, 0.5) is 4.39 Å². The van der Waals surface area contributed by atoms with Crippen LogP contribution in [0, 0.1) is 11.9 Å². The van der Waals surface area contributed by atoms with Crippen molar-refractivity contribution in [2.24, 2.45) is 0 Å². The van der Waals surface area contributed by atoms with E-state index in [1.807, 2.05) is 6.92 Å². The van der Waals surface area contributed by atoms with Crippen LogP contribution in [-0.2, 0) is 6.42 Å². The fourth-order valence-electron chi connectivity index (χ4n) is 0.560. The van der Waals surface area contributed by atoms with Crippen LogP contribution in [0.1, 0.15) is 12.6 Å². The molecule has 0 atom stereocenters. The molecule has 0 fully saturated rings. The number of aryl methyl sites for hydroxylation is 1. The molecule has 9 heavy (non-hydrogen) atoms. The number of aromatic nitrogens is 1. The Kier molecular flexibility index (Phi) is 1.78. The molecule has 1 nitrogen and oxygen atoms in total. The number of hydrogen-bond donors (Lipinski definition) is 0. The maximum atomic E-state index is 12.1. The smallest absolute Gasteiger partial charge is 0.142 e. The van der Waals surface area contributed by atoms with E-state index in [1.165, 1.54) is 12.3 Å². The molecule has 2 heteroatoms. The van der Waals surface area contributed by atoms with Crippen molar-refractivity contribution in [1.29, 1.82) is 0 Å². The predicted molar refractivity (Wildman–Crippen MR) is 32.4 cm³/mol. The summed E-state index contributed by atoms with van der Waals surface area (Å²) in [6.07, 6.45) is 2.01. The van der Waals surface area contributed by atoms with Gasteiger partial charge in [0.2, 0.25) is 0 Å². The van der Waals surface area contributed by atoms with Crippen molar-refractivity contribution >= 4 is 0 Å². The zero-order valence-corrected chi connectivity index (χ0v) is 5.19. The Bertz CT molecular complexity index is 181. The van der Waals surface area contributed by atoms with Crippen molar-refractivity contribution in [3.8, 4) is 0 Å². The molecule has 0 saturated heterocycles.